The van der Waals surface area contributed by atoms with E-state index in [0.717, 1.165) is 11.1 Å². The molecule has 0 saturated heterocycles. The second kappa shape index (κ2) is 8.85. The Morgan fingerprint density at radius 3 is 2.53 bits per heavy atom. The van der Waals surface area contributed by atoms with Crippen LogP contribution in [0.4, 0.5) is 0 Å². The van der Waals surface area contributed by atoms with E-state index in [1.807, 2.05) is 42.5 Å². The first-order valence-corrected chi connectivity index (χ1v) is 10.1. The predicted molar refractivity (Wildman–Crippen MR) is 120 cm³/mol. The SMILES string of the molecule is CCOC(=O)C(=Cc1cn(-c2ccccc2)nc1-c1cc2ccccc2oc1=O)C(C)=O. The highest BCUT2D eigenvalue weighted by Crippen LogP contribution is 2.26. The van der Waals surface area contributed by atoms with E-state index >= 15 is 0 Å². The topological polar surface area (TPSA) is 91.4 Å². The van der Waals surface area contributed by atoms with Gasteiger partial charge >= 0.3 is 11.6 Å². The molecule has 0 spiro atoms. The Labute approximate surface area is 183 Å². The molecule has 2 heterocycles. The number of carbonyl (C=O) groups excluding carboxylic acids is 2. The Morgan fingerprint density at radius 2 is 1.81 bits per heavy atom. The maximum atomic E-state index is 12.8. The van der Waals surface area contributed by atoms with Gasteiger partial charge in [0, 0.05) is 17.1 Å². The van der Waals surface area contributed by atoms with E-state index in [-0.39, 0.29) is 23.4 Å². The quantitative estimate of drug-likeness (QED) is 0.150. The number of rotatable bonds is 6. The molecule has 4 rings (SSSR count). The number of fused-ring (bicyclic) bond motifs is 1. The van der Waals surface area contributed by atoms with Crippen LogP contribution in [-0.4, -0.2) is 28.1 Å². The van der Waals surface area contributed by atoms with Crippen molar-refractivity contribution in [3.05, 3.63) is 88.4 Å². The summed E-state index contributed by atoms with van der Waals surface area (Å²) in [5.41, 5.74) is 1.42. The fourth-order valence-corrected chi connectivity index (χ4v) is 3.31. The second-order valence-corrected chi connectivity index (χ2v) is 7.03. The standard InChI is InChI=1S/C25H20N2O5/c1-3-31-24(29)20(16(2)28)14-18-15-27(19-10-5-4-6-11-19)26-23(18)21-13-17-9-7-8-12-22(17)32-25(21)30/h4-15H,3H2,1-2H3. The highest BCUT2D eigenvalue weighted by Gasteiger charge is 2.21. The van der Waals surface area contributed by atoms with Crippen LogP contribution in [0.2, 0.25) is 0 Å². The van der Waals surface area contributed by atoms with E-state index in [0.29, 0.717) is 11.1 Å². The lowest BCUT2D eigenvalue weighted by atomic mass is 10.0. The number of carbonyl (C=O) groups is 2. The molecule has 32 heavy (non-hydrogen) atoms. The van der Waals surface area contributed by atoms with Crippen molar-refractivity contribution in [3.8, 4) is 16.9 Å². The van der Waals surface area contributed by atoms with E-state index in [9.17, 15) is 14.4 Å². The molecular weight excluding hydrogens is 408 g/mol. The number of para-hydroxylation sites is 2. The van der Waals surface area contributed by atoms with Crippen LogP contribution in [-0.2, 0) is 14.3 Å². The molecule has 0 radical (unpaired) electrons. The van der Waals surface area contributed by atoms with E-state index in [1.54, 1.807) is 36.0 Å². The minimum Gasteiger partial charge on any atom is -0.462 e. The van der Waals surface area contributed by atoms with Crippen molar-refractivity contribution in [3.63, 3.8) is 0 Å². The maximum absolute atomic E-state index is 12.8. The molecule has 160 valence electrons. The van der Waals surface area contributed by atoms with Crippen molar-refractivity contribution in [2.24, 2.45) is 0 Å². The van der Waals surface area contributed by atoms with Crippen LogP contribution in [0.3, 0.4) is 0 Å². The first-order valence-electron chi connectivity index (χ1n) is 10.1. The van der Waals surface area contributed by atoms with Gasteiger partial charge in [-0.2, -0.15) is 5.10 Å². The van der Waals surface area contributed by atoms with Gasteiger partial charge in [0.05, 0.1) is 17.9 Å². The average molecular weight is 428 g/mol. The number of ketones is 1. The Hall–Kier alpha value is -4.26. The summed E-state index contributed by atoms with van der Waals surface area (Å²) in [6.45, 7) is 3.08. The van der Waals surface area contributed by atoms with Gasteiger partial charge in [-0.25, -0.2) is 14.3 Å². The highest BCUT2D eigenvalue weighted by atomic mass is 16.5. The number of hydrogen-bond acceptors (Lipinski definition) is 6. The highest BCUT2D eigenvalue weighted by molar-refractivity contribution is 6.20. The van der Waals surface area contributed by atoms with Gasteiger partial charge in [-0.15, -0.1) is 0 Å². The minimum atomic E-state index is -0.732. The van der Waals surface area contributed by atoms with Crippen LogP contribution in [0.1, 0.15) is 19.4 Å². The predicted octanol–water partition coefficient (Wildman–Crippen LogP) is 4.18. The summed E-state index contributed by atoms with van der Waals surface area (Å²) in [5, 5.41) is 5.31. The summed E-state index contributed by atoms with van der Waals surface area (Å²) in [6, 6.07) is 18.1. The van der Waals surface area contributed by atoms with Gasteiger partial charge in [0.15, 0.2) is 5.78 Å². The van der Waals surface area contributed by atoms with Crippen LogP contribution >= 0.6 is 0 Å². The normalized spacial score (nSPS) is 11.5. The van der Waals surface area contributed by atoms with Crippen molar-refractivity contribution in [1.29, 1.82) is 0 Å². The lowest BCUT2D eigenvalue weighted by Crippen LogP contribution is -2.13. The van der Waals surface area contributed by atoms with E-state index in [1.165, 1.54) is 13.0 Å². The second-order valence-electron chi connectivity index (χ2n) is 7.03. The molecule has 0 amide bonds. The number of ether oxygens (including phenoxy) is 1. The number of benzene rings is 2. The van der Waals surface area contributed by atoms with Crippen LogP contribution in [0, 0.1) is 0 Å². The van der Waals surface area contributed by atoms with E-state index < -0.39 is 17.4 Å². The Balaban J connectivity index is 1.95. The van der Waals surface area contributed by atoms with Crippen molar-refractivity contribution in [1.82, 2.24) is 9.78 Å². The van der Waals surface area contributed by atoms with Gasteiger partial charge in [0.1, 0.15) is 16.9 Å². The number of aromatic nitrogens is 2. The Bertz CT molecular complexity index is 1400. The molecule has 0 saturated carbocycles. The van der Waals surface area contributed by atoms with Gasteiger partial charge in [0.2, 0.25) is 0 Å². The summed E-state index contributed by atoms with van der Waals surface area (Å²) in [4.78, 5) is 37.3. The molecular formula is C25H20N2O5. The van der Waals surface area contributed by atoms with Gasteiger partial charge in [0.25, 0.3) is 0 Å². The van der Waals surface area contributed by atoms with Crippen LogP contribution in [0.25, 0.3) is 34.0 Å². The summed E-state index contributed by atoms with van der Waals surface area (Å²) in [5.74, 6) is -1.18. The monoisotopic (exact) mass is 428 g/mol. The number of Topliss-reactive ketones (excluding diaryl/α,β-unsaturated/α-hetero) is 1. The zero-order valence-corrected chi connectivity index (χ0v) is 17.6. The molecule has 0 aliphatic heterocycles. The smallest absolute Gasteiger partial charge is 0.345 e. The number of nitrogens with zero attached hydrogens (tertiary/aromatic N) is 2. The molecule has 0 aliphatic rings. The fraction of sp³-hybridized carbons (Fsp3) is 0.120. The third-order valence-electron chi connectivity index (χ3n) is 4.83. The molecule has 2 aromatic heterocycles. The van der Waals surface area contributed by atoms with Crippen molar-refractivity contribution in [2.75, 3.05) is 6.61 Å². The number of esters is 1. The minimum absolute atomic E-state index is 0.133. The molecule has 0 unspecified atom stereocenters. The molecule has 7 nitrogen and oxygen atoms in total. The average Bonchev–Trinajstić information content (AvgIpc) is 3.21. The maximum Gasteiger partial charge on any atom is 0.345 e. The third kappa shape index (κ3) is 4.13. The molecule has 0 atom stereocenters. The molecule has 7 heteroatoms. The zero-order chi connectivity index (χ0) is 22.7. The number of hydrogen-bond donors (Lipinski definition) is 0. The van der Waals surface area contributed by atoms with Gasteiger partial charge in [-0.05, 0) is 44.2 Å². The van der Waals surface area contributed by atoms with Gasteiger partial charge < -0.3 is 9.15 Å². The third-order valence-corrected chi connectivity index (χ3v) is 4.83. The first-order chi connectivity index (χ1) is 15.5. The van der Waals surface area contributed by atoms with Gasteiger partial charge in [-0.1, -0.05) is 36.4 Å². The van der Waals surface area contributed by atoms with Crippen LogP contribution in [0.5, 0.6) is 0 Å². The lowest BCUT2D eigenvalue weighted by molar-refractivity contribution is -0.139. The largest absolute Gasteiger partial charge is 0.462 e. The van der Waals surface area contributed by atoms with E-state index in [2.05, 4.69) is 5.10 Å². The molecule has 0 bridgehead atoms. The summed E-state index contributed by atoms with van der Waals surface area (Å²) < 4.78 is 12.1. The van der Waals surface area contributed by atoms with Crippen molar-refractivity contribution >= 4 is 28.8 Å². The molecule has 2 aromatic carbocycles. The van der Waals surface area contributed by atoms with Crippen LogP contribution in [0.15, 0.2) is 81.6 Å². The first kappa shape index (κ1) is 21.0. The van der Waals surface area contributed by atoms with Crippen molar-refractivity contribution < 1.29 is 18.7 Å². The summed E-state index contributed by atoms with van der Waals surface area (Å²) in [7, 11) is 0. The molecule has 4 aromatic rings. The van der Waals surface area contributed by atoms with Crippen LogP contribution < -0.4 is 5.63 Å². The molecule has 0 N–H and O–H groups in total. The Kier molecular flexibility index (Phi) is 5.81. The zero-order valence-electron chi connectivity index (χ0n) is 17.6. The fourth-order valence-electron chi connectivity index (χ4n) is 3.31. The van der Waals surface area contributed by atoms with E-state index in [4.69, 9.17) is 9.15 Å². The summed E-state index contributed by atoms with van der Waals surface area (Å²) >= 11 is 0. The lowest BCUT2D eigenvalue weighted by Gasteiger charge is -2.04. The van der Waals surface area contributed by atoms with Gasteiger partial charge in [-0.3, -0.25) is 4.79 Å². The van der Waals surface area contributed by atoms with Crippen molar-refractivity contribution in [2.45, 2.75) is 13.8 Å². The molecule has 0 fully saturated rings. The Morgan fingerprint density at radius 1 is 1.09 bits per heavy atom. The molecule has 0 aliphatic carbocycles. The summed E-state index contributed by atoms with van der Waals surface area (Å²) in [6.07, 6.45) is 3.05.